The summed E-state index contributed by atoms with van der Waals surface area (Å²) in [6.07, 6.45) is 0.857. The van der Waals surface area contributed by atoms with E-state index >= 15 is 0 Å². The van der Waals surface area contributed by atoms with Crippen molar-refractivity contribution < 1.29 is 14.6 Å². The minimum absolute atomic E-state index is 0.163. The lowest BCUT2D eigenvalue weighted by Crippen LogP contribution is -2.21. The molecule has 0 radical (unpaired) electrons. The molecule has 0 heterocycles. The lowest BCUT2D eigenvalue weighted by Gasteiger charge is -2.05. The van der Waals surface area contributed by atoms with Crippen LogP contribution in [0.1, 0.15) is 13.3 Å². The average Bonchev–Trinajstić information content (AvgIpc) is 1.98. The van der Waals surface area contributed by atoms with E-state index in [1.54, 1.807) is 6.92 Å². The van der Waals surface area contributed by atoms with Gasteiger partial charge in [-0.2, -0.15) is 0 Å². The van der Waals surface area contributed by atoms with E-state index in [0.29, 0.717) is 6.42 Å². The van der Waals surface area contributed by atoms with Crippen LogP contribution >= 0.6 is 0 Å². The predicted octanol–water partition coefficient (Wildman–Crippen LogP) is 0.486. The number of carbonyl (C=O) groups excluding carboxylic acids is 1. The number of ether oxygens (including phenoxy) is 1. The Kier molecular flexibility index (Phi) is 4.58. The number of hydrogen-bond acceptors (Lipinski definition) is 3. The number of hydrogen-bond donors (Lipinski definition) is 1. The normalized spacial score (nSPS) is 12.2. The van der Waals surface area contributed by atoms with Crippen LogP contribution in [0.2, 0.25) is 0 Å². The summed E-state index contributed by atoms with van der Waals surface area (Å²) < 4.78 is 4.54. The van der Waals surface area contributed by atoms with E-state index in [1.165, 1.54) is 6.08 Å². The van der Waals surface area contributed by atoms with Gasteiger partial charge in [0, 0.05) is 0 Å². The largest absolute Gasteiger partial charge is 0.460 e. The number of aliphatic hydroxyl groups excluding tert-OH is 1. The highest BCUT2D eigenvalue weighted by Gasteiger charge is 2.12. The van der Waals surface area contributed by atoms with Gasteiger partial charge in [0.1, 0.15) is 6.61 Å². The van der Waals surface area contributed by atoms with E-state index in [1.807, 2.05) is 0 Å². The Morgan fingerprint density at radius 2 is 2.50 bits per heavy atom. The van der Waals surface area contributed by atoms with Crippen LogP contribution in [0.3, 0.4) is 0 Å². The maximum atomic E-state index is 10.6. The number of aliphatic hydroxyl groups is 1. The van der Waals surface area contributed by atoms with Crippen LogP contribution in [-0.2, 0) is 9.53 Å². The molecule has 0 amide bonds. The summed E-state index contributed by atoms with van der Waals surface area (Å²) in [7, 11) is 0. The molecule has 1 unspecified atom stereocenters. The number of carbonyl (C=O) groups is 1. The Hall–Kier alpha value is -0.830. The van der Waals surface area contributed by atoms with E-state index in [9.17, 15) is 4.79 Å². The summed E-state index contributed by atoms with van der Waals surface area (Å²) in [6, 6.07) is 0. The molecule has 0 saturated carbocycles. The van der Waals surface area contributed by atoms with Crippen LogP contribution in [-0.4, -0.2) is 23.8 Å². The van der Waals surface area contributed by atoms with Crippen LogP contribution < -0.4 is 0 Å². The van der Waals surface area contributed by atoms with E-state index in [-0.39, 0.29) is 6.61 Å². The fraction of sp³-hybridized carbons (Fsp3) is 0.571. The van der Waals surface area contributed by atoms with Crippen molar-refractivity contribution in [1.82, 2.24) is 0 Å². The van der Waals surface area contributed by atoms with E-state index in [4.69, 9.17) is 5.11 Å². The molecule has 58 valence electrons. The molecule has 0 aromatic heterocycles. The molecule has 0 aromatic rings. The van der Waals surface area contributed by atoms with Gasteiger partial charge in [0.15, 0.2) is 6.10 Å². The first-order chi connectivity index (χ1) is 4.72. The van der Waals surface area contributed by atoms with Gasteiger partial charge in [-0.1, -0.05) is 19.6 Å². The lowest BCUT2D eigenvalue weighted by molar-refractivity contribution is -0.152. The van der Waals surface area contributed by atoms with Crippen LogP contribution in [0.4, 0.5) is 0 Å². The average molecular weight is 144 g/mol. The fourth-order valence-corrected chi connectivity index (χ4v) is 0.404. The molecule has 0 aliphatic rings. The second-order valence-corrected chi connectivity index (χ2v) is 1.84. The first kappa shape index (κ1) is 9.17. The molecule has 0 saturated heterocycles. The number of esters is 1. The summed E-state index contributed by atoms with van der Waals surface area (Å²) >= 11 is 0. The Labute approximate surface area is 60.3 Å². The topological polar surface area (TPSA) is 46.5 Å². The third-order valence-corrected chi connectivity index (χ3v) is 1.00. The molecule has 1 N–H and O–H groups in total. The molecular formula is C7H12O3. The summed E-state index contributed by atoms with van der Waals surface area (Å²) in [6.45, 7) is 5.23. The minimum atomic E-state index is -0.986. The van der Waals surface area contributed by atoms with Crippen molar-refractivity contribution >= 4 is 5.97 Å². The van der Waals surface area contributed by atoms with Crippen LogP contribution in [0, 0.1) is 0 Å². The first-order valence-electron chi connectivity index (χ1n) is 3.18. The molecule has 10 heavy (non-hydrogen) atoms. The van der Waals surface area contributed by atoms with Crippen molar-refractivity contribution in [2.45, 2.75) is 19.4 Å². The maximum Gasteiger partial charge on any atom is 0.335 e. The lowest BCUT2D eigenvalue weighted by atomic mass is 10.3. The van der Waals surface area contributed by atoms with Gasteiger partial charge in [-0.05, 0) is 6.42 Å². The predicted molar refractivity (Wildman–Crippen MR) is 37.5 cm³/mol. The van der Waals surface area contributed by atoms with Crippen LogP contribution in [0.5, 0.6) is 0 Å². The van der Waals surface area contributed by atoms with Gasteiger partial charge in [-0.25, -0.2) is 4.79 Å². The second kappa shape index (κ2) is 4.99. The zero-order valence-corrected chi connectivity index (χ0v) is 6.04. The van der Waals surface area contributed by atoms with E-state index < -0.39 is 12.1 Å². The zero-order chi connectivity index (χ0) is 7.98. The Balaban J connectivity index is 3.51. The second-order valence-electron chi connectivity index (χ2n) is 1.84. The van der Waals surface area contributed by atoms with Gasteiger partial charge in [0.25, 0.3) is 0 Å². The van der Waals surface area contributed by atoms with Gasteiger partial charge < -0.3 is 9.84 Å². The molecule has 0 bridgehead atoms. The minimum Gasteiger partial charge on any atom is -0.460 e. The SMILES string of the molecule is C=CCOC(=O)C(O)CC. The maximum absolute atomic E-state index is 10.6. The van der Waals surface area contributed by atoms with Crippen LogP contribution in [0.25, 0.3) is 0 Å². The van der Waals surface area contributed by atoms with E-state index in [0.717, 1.165) is 0 Å². The van der Waals surface area contributed by atoms with Crippen molar-refractivity contribution in [1.29, 1.82) is 0 Å². The molecule has 0 aliphatic carbocycles. The summed E-state index contributed by atoms with van der Waals surface area (Å²) in [4.78, 5) is 10.6. The quantitative estimate of drug-likeness (QED) is 0.461. The van der Waals surface area contributed by atoms with Crippen LogP contribution in [0.15, 0.2) is 12.7 Å². The Bertz CT molecular complexity index is 120. The monoisotopic (exact) mass is 144 g/mol. The molecular weight excluding hydrogens is 132 g/mol. The Morgan fingerprint density at radius 1 is 1.90 bits per heavy atom. The van der Waals surface area contributed by atoms with Gasteiger partial charge in [-0.15, -0.1) is 0 Å². The standard InChI is InChI=1S/C7H12O3/c1-3-5-10-7(9)6(8)4-2/h3,6,8H,1,4-5H2,2H3. The molecule has 0 rings (SSSR count). The number of rotatable bonds is 4. The van der Waals surface area contributed by atoms with Gasteiger partial charge >= 0.3 is 5.97 Å². The zero-order valence-electron chi connectivity index (χ0n) is 6.04. The highest BCUT2D eigenvalue weighted by atomic mass is 16.5. The van der Waals surface area contributed by atoms with Crippen molar-refractivity contribution in [3.8, 4) is 0 Å². The Morgan fingerprint density at radius 3 is 2.90 bits per heavy atom. The summed E-state index contributed by atoms with van der Waals surface area (Å²) in [5.74, 6) is -0.581. The highest BCUT2D eigenvalue weighted by Crippen LogP contribution is 1.92. The first-order valence-corrected chi connectivity index (χ1v) is 3.18. The van der Waals surface area contributed by atoms with Gasteiger partial charge in [0.2, 0.25) is 0 Å². The van der Waals surface area contributed by atoms with Crippen molar-refractivity contribution in [2.24, 2.45) is 0 Å². The fourth-order valence-electron chi connectivity index (χ4n) is 0.404. The molecule has 1 atom stereocenters. The molecule has 0 aromatic carbocycles. The van der Waals surface area contributed by atoms with Gasteiger partial charge in [-0.3, -0.25) is 0 Å². The highest BCUT2D eigenvalue weighted by molar-refractivity contribution is 5.74. The smallest absolute Gasteiger partial charge is 0.335 e. The van der Waals surface area contributed by atoms with Crippen molar-refractivity contribution in [2.75, 3.05) is 6.61 Å². The van der Waals surface area contributed by atoms with E-state index in [2.05, 4.69) is 11.3 Å². The van der Waals surface area contributed by atoms with Gasteiger partial charge in [0.05, 0.1) is 0 Å². The third kappa shape index (κ3) is 3.25. The molecule has 0 spiro atoms. The van der Waals surface area contributed by atoms with Crippen molar-refractivity contribution in [3.63, 3.8) is 0 Å². The summed E-state index contributed by atoms with van der Waals surface area (Å²) in [5, 5.41) is 8.84. The molecule has 3 nitrogen and oxygen atoms in total. The third-order valence-electron chi connectivity index (χ3n) is 1.00. The molecule has 3 heteroatoms. The summed E-state index contributed by atoms with van der Waals surface area (Å²) in [5.41, 5.74) is 0. The van der Waals surface area contributed by atoms with Crippen molar-refractivity contribution in [3.05, 3.63) is 12.7 Å². The molecule has 0 fully saturated rings. The molecule has 0 aliphatic heterocycles.